The maximum absolute atomic E-state index is 12.7. The first-order chi connectivity index (χ1) is 30.6. The van der Waals surface area contributed by atoms with Crippen LogP contribution in [0.3, 0.4) is 0 Å². The van der Waals surface area contributed by atoms with Crippen molar-refractivity contribution in [3.05, 3.63) is 36.5 Å². The van der Waals surface area contributed by atoms with Crippen LogP contribution in [0.1, 0.15) is 207 Å². The van der Waals surface area contributed by atoms with E-state index < -0.39 is 72.3 Å². The monoisotopic (exact) mass is 953 g/mol. The Morgan fingerprint density at radius 3 is 1.53 bits per heavy atom. The van der Waals surface area contributed by atoms with E-state index >= 15 is 0 Å². The highest BCUT2D eigenvalue weighted by molar-refractivity contribution is 7.47. The molecule has 2 unspecified atom stereocenters. The summed E-state index contributed by atoms with van der Waals surface area (Å²) in [6, 6.07) is 0. The van der Waals surface area contributed by atoms with Gasteiger partial charge in [-0.25, -0.2) is 9.13 Å². The Hall–Kier alpha value is -1.70. The van der Waals surface area contributed by atoms with Gasteiger partial charge in [0.2, 0.25) is 0 Å². The molecule has 0 aliphatic carbocycles. The van der Waals surface area contributed by atoms with Crippen LogP contribution in [0, 0.1) is 5.92 Å². The van der Waals surface area contributed by atoms with Crippen LogP contribution >= 0.6 is 15.6 Å². The topological polar surface area (TPSA) is 216 Å². The van der Waals surface area contributed by atoms with Gasteiger partial charge >= 0.3 is 27.6 Å². The Labute approximate surface area is 387 Å². The lowest BCUT2D eigenvalue weighted by molar-refractivity contribution is -0.161. The highest BCUT2D eigenvalue weighted by Crippen LogP contribution is 2.44. The summed E-state index contributed by atoms with van der Waals surface area (Å²) in [4.78, 5) is 52.9. The van der Waals surface area contributed by atoms with Gasteiger partial charge in [-0.15, -0.1) is 0 Å². The molecule has 0 aromatic rings. The van der Waals surface area contributed by atoms with Gasteiger partial charge in [0.05, 0.1) is 25.9 Å². The van der Waals surface area contributed by atoms with Crippen molar-refractivity contribution in [1.29, 1.82) is 0 Å². The van der Waals surface area contributed by atoms with Crippen molar-refractivity contribution in [3.8, 4) is 0 Å². The van der Waals surface area contributed by atoms with E-state index in [1.807, 2.05) is 24.3 Å². The number of phosphoric acid groups is 2. The molecule has 64 heavy (non-hydrogen) atoms. The smallest absolute Gasteiger partial charge is 0.462 e. The zero-order chi connectivity index (χ0) is 47.6. The molecule has 14 nitrogen and oxygen atoms in total. The van der Waals surface area contributed by atoms with Crippen LogP contribution in [0.15, 0.2) is 36.5 Å². The first kappa shape index (κ1) is 62.3. The fraction of sp³-hybridized carbons (Fsp3) is 0.833. The van der Waals surface area contributed by atoms with Gasteiger partial charge in [-0.2, -0.15) is 0 Å². The average molecular weight is 953 g/mol. The normalized spacial score (nSPS) is 14.8. The number of ether oxygens (including phenoxy) is 2. The molecule has 5 N–H and O–H groups in total. The number of aliphatic hydroxyl groups excluding tert-OH is 2. The number of carbonyl (C=O) groups excluding carboxylic acids is 2. The number of unbranched alkanes of at least 4 members (excludes halogenated alkanes) is 22. The van der Waals surface area contributed by atoms with E-state index in [9.17, 15) is 33.8 Å². The van der Waals surface area contributed by atoms with E-state index in [0.29, 0.717) is 19.3 Å². The van der Waals surface area contributed by atoms with Gasteiger partial charge in [0.15, 0.2) is 6.10 Å². The molecule has 0 bridgehead atoms. The fourth-order valence-electron chi connectivity index (χ4n) is 6.81. The highest BCUT2D eigenvalue weighted by Gasteiger charge is 2.28. The number of aliphatic hydroxyl groups is 2. The fourth-order valence-corrected chi connectivity index (χ4v) is 7.96. The Morgan fingerprint density at radius 1 is 0.547 bits per heavy atom. The Morgan fingerprint density at radius 2 is 1.02 bits per heavy atom. The summed E-state index contributed by atoms with van der Waals surface area (Å²) < 4.78 is 47.9. The van der Waals surface area contributed by atoms with Crippen molar-refractivity contribution in [2.75, 3.05) is 26.4 Å². The van der Waals surface area contributed by atoms with E-state index in [0.717, 1.165) is 63.7 Å². The van der Waals surface area contributed by atoms with E-state index in [2.05, 4.69) is 31.4 Å². The summed E-state index contributed by atoms with van der Waals surface area (Å²) in [6.45, 7) is 3.89. The van der Waals surface area contributed by atoms with E-state index in [1.165, 1.54) is 96.3 Å². The summed E-state index contributed by atoms with van der Waals surface area (Å²) in [5.41, 5.74) is 0. The maximum Gasteiger partial charge on any atom is 0.472 e. The maximum atomic E-state index is 12.7. The van der Waals surface area contributed by atoms with Crippen LogP contribution in [0.5, 0.6) is 0 Å². The minimum absolute atomic E-state index is 0.119. The van der Waals surface area contributed by atoms with Crippen molar-refractivity contribution in [2.24, 2.45) is 5.92 Å². The number of carbonyl (C=O) groups is 2. The molecule has 0 aromatic heterocycles. The third-order valence-electron chi connectivity index (χ3n) is 10.5. The predicted octanol–water partition coefficient (Wildman–Crippen LogP) is 12.1. The van der Waals surface area contributed by atoms with Gasteiger partial charge in [0.1, 0.15) is 12.7 Å². The lowest BCUT2D eigenvalue weighted by Gasteiger charge is -2.20. The molecular weight excluding hydrogens is 862 g/mol. The van der Waals surface area contributed by atoms with Crippen LogP contribution in [0.25, 0.3) is 0 Å². The van der Waals surface area contributed by atoms with Gasteiger partial charge < -0.3 is 34.4 Å². The number of esters is 2. The zero-order valence-electron chi connectivity index (χ0n) is 39.9. The lowest BCUT2D eigenvalue weighted by atomic mass is 10.0. The number of allylic oxidation sites excluding steroid dienone is 4. The van der Waals surface area contributed by atoms with Crippen LogP contribution in [0.4, 0.5) is 0 Å². The minimum Gasteiger partial charge on any atom is -0.462 e. The van der Waals surface area contributed by atoms with Crippen LogP contribution in [-0.4, -0.2) is 81.6 Å². The first-order valence-electron chi connectivity index (χ1n) is 24.6. The summed E-state index contributed by atoms with van der Waals surface area (Å²) in [5.74, 6) is -0.249. The molecule has 0 aliphatic rings. The molecular formula is C48H90O14P2. The number of hydrogen-bond donors (Lipinski definition) is 5. The largest absolute Gasteiger partial charge is 0.472 e. The van der Waals surface area contributed by atoms with Crippen molar-refractivity contribution < 1.29 is 66.7 Å². The standard InChI is InChI=1S/C48H90O14P2/c1-4-5-29-35-44(49)36-31-26-22-18-16-20-23-27-32-37-47(51)58-41-46(42-61-64(56,57)60-40-45(50)39-59-63(53,54)55)62-48(52)38-33-28-24-19-15-13-11-9-7-6-8-10-12-14-17-21-25-30-34-43(2)3/h5,22,26,29,31,36,43-46,49-50H,4,6-21,23-25,27-28,30,32-35,37-42H2,1-3H3,(H,56,57)(H2,53,54,55)/b26-22+,29-5+,36-31+/t44?,45-,46+/m0/s1. The molecule has 0 rings (SSSR count). The third kappa shape index (κ3) is 46.8. The Bertz CT molecular complexity index is 1300. The van der Waals surface area contributed by atoms with Crippen molar-refractivity contribution in [1.82, 2.24) is 0 Å². The second kappa shape index (κ2) is 42.6. The second-order valence-corrected chi connectivity index (χ2v) is 20.1. The average Bonchev–Trinajstić information content (AvgIpc) is 3.24. The minimum atomic E-state index is -4.87. The van der Waals surface area contributed by atoms with E-state index in [4.69, 9.17) is 28.3 Å². The molecule has 0 heterocycles. The summed E-state index contributed by atoms with van der Waals surface area (Å²) in [5, 5.41) is 19.7. The van der Waals surface area contributed by atoms with Crippen LogP contribution < -0.4 is 0 Å². The molecule has 16 heteroatoms. The Balaban J connectivity index is 4.44. The SMILES string of the molecule is CC/C=C/CC(O)/C=C/C=C/CCCCCCCC(=O)OC[C@H](COP(=O)(O)OC[C@@H](O)COP(=O)(O)O)OC(=O)CCCCCCCCCCCCCCCCCCCCC(C)C. The van der Waals surface area contributed by atoms with Crippen LogP contribution in [-0.2, 0) is 41.8 Å². The van der Waals surface area contributed by atoms with Crippen molar-refractivity contribution in [2.45, 2.75) is 225 Å². The number of rotatable bonds is 46. The lowest BCUT2D eigenvalue weighted by Crippen LogP contribution is -2.30. The molecule has 0 aromatic carbocycles. The van der Waals surface area contributed by atoms with Gasteiger partial charge in [-0.1, -0.05) is 192 Å². The quantitative estimate of drug-likeness (QED) is 0.0126. The highest BCUT2D eigenvalue weighted by atomic mass is 31.2. The summed E-state index contributed by atoms with van der Waals surface area (Å²) in [7, 11) is -9.70. The molecule has 376 valence electrons. The van der Waals surface area contributed by atoms with Gasteiger partial charge in [0, 0.05) is 12.8 Å². The van der Waals surface area contributed by atoms with Gasteiger partial charge in [-0.3, -0.25) is 23.2 Å². The zero-order valence-corrected chi connectivity index (χ0v) is 41.7. The molecule has 0 spiro atoms. The molecule has 0 aliphatic heterocycles. The molecule has 0 amide bonds. The van der Waals surface area contributed by atoms with Crippen molar-refractivity contribution >= 4 is 27.6 Å². The molecule has 4 atom stereocenters. The van der Waals surface area contributed by atoms with E-state index in [-0.39, 0.29) is 12.8 Å². The number of hydrogen-bond acceptors (Lipinski definition) is 11. The van der Waals surface area contributed by atoms with Gasteiger partial charge in [0.25, 0.3) is 0 Å². The summed E-state index contributed by atoms with van der Waals surface area (Å²) >= 11 is 0. The van der Waals surface area contributed by atoms with Crippen molar-refractivity contribution in [3.63, 3.8) is 0 Å². The van der Waals surface area contributed by atoms with E-state index in [1.54, 1.807) is 6.08 Å². The number of phosphoric ester groups is 2. The molecule has 0 saturated heterocycles. The summed E-state index contributed by atoms with van der Waals surface area (Å²) in [6.07, 6.45) is 38.9. The second-order valence-electron chi connectivity index (χ2n) is 17.4. The first-order valence-corrected chi connectivity index (χ1v) is 27.7. The van der Waals surface area contributed by atoms with Crippen LogP contribution in [0.2, 0.25) is 0 Å². The Kier molecular flexibility index (Phi) is 41.5. The molecule has 0 saturated carbocycles. The predicted molar refractivity (Wildman–Crippen MR) is 254 cm³/mol. The molecule has 0 radical (unpaired) electrons. The molecule has 0 fully saturated rings. The third-order valence-corrected chi connectivity index (χ3v) is 12.0. The van der Waals surface area contributed by atoms with Gasteiger partial charge in [-0.05, 0) is 44.4 Å².